The number of hydrogen-bond acceptors (Lipinski definition) is 1. The Balaban J connectivity index is 2.75. The minimum atomic E-state index is -4.21. The molecule has 96 valence electrons. The fourth-order valence-electron chi connectivity index (χ4n) is 1.74. The van der Waals surface area contributed by atoms with Crippen molar-refractivity contribution in [2.45, 2.75) is 38.5 Å². The molecule has 17 heavy (non-hydrogen) atoms. The molecule has 0 aliphatic carbocycles. The van der Waals surface area contributed by atoms with Gasteiger partial charge in [0.15, 0.2) is 0 Å². The van der Waals surface area contributed by atoms with E-state index in [9.17, 15) is 13.2 Å². The number of methoxy groups -OCH3 is 1. The molecule has 1 aromatic carbocycles. The molecule has 1 atom stereocenters. The first-order valence-electron chi connectivity index (χ1n) is 5.64. The average molecular weight is 246 g/mol. The van der Waals surface area contributed by atoms with E-state index < -0.39 is 18.7 Å². The Morgan fingerprint density at radius 2 is 1.76 bits per heavy atom. The molecule has 0 heterocycles. The fraction of sp³-hybridized carbons (Fsp3) is 0.538. The van der Waals surface area contributed by atoms with Gasteiger partial charge in [-0.2, -0.15) is 13.2 Å². The maximum absolute atomic E-state index is 12.3. The Morgan fingerprint density at radius 1 is 1.18 bits per heavy atom. The van der Waals surface area contributed by atoms with Gasteiger partial charge in [0.25, 0.3) is 0 Å². The van der Waals surface area contributed by atoms with E-state index in [0.717, 1.165) is 18.4 Å². The molecule has 0 amide bonds. The van der Waals surface area contributed by atoms with Crippen molar-refractivity contribution in [1.82, 2.24) is 0 Å². The van der Waals surface area contributed by atoms with Gasteiger partial charge in [-0.3, -0.25) is 0 Å². The van der Waals surface area contributed by atoms with Crippen molar-refractivity contribution in [3.63, 3.8) is 0 Å². The van der Waals surface area contributed by atoms with E-state index in [0.29, 0.717) is 5.56 Å². The van der Waals surface area contributed by atoms with Crippen molar-refractivity contribution >= 4 is 0 Å². The second kappa shape index (κ2) is 6.05. The van der Waals surface area contributed by atoms with Crippen molar-refractivity contribution in [3.05, 3.63) is 35.4 Å². The van der Waals surface area contributed by atoms with Crippen LogP contribution in [0.2, 0.25) is 0 Å². The van der Waals surface area contributed by atoms with Crippen LogP contribution in [-0.4, -0.2) is 13.3 Å². The van der Waals surface area contributed by atoms with Gasteiger partial charge in [0.1, 0.15) is 0 Å². The van der Waals surface area contributed by atoms with E-state index in [4.69, 9.17) is 4.74 Å². The number of benzene rings is 1. The number of rotatable bonds is 5. The SMILES string of the molecule is CCCc1ccc(C(CC(F)(F)F)OC)cc1. The largest absolute Gasteiger partial charge is 0.391 e. The third-order valence-electron chi connectivity index (χ3n) is 2.59. The minimum Gasteiger partial charge on any atom is -0.376 e. The topological polar surface area (TPSA) is 9.23 Å². The molecule has 0 spiro atoms. The van der Waals surface area contributed by atoms with E-state index in [1.165, 1.54) is 7.11 Å². The third kappa shape index (κ3) is 4.77. The fourth-order valence-corrected chi connectivity index (χ4v) is 1.74. The summed E-state index contributed by atoms with van der Waals surface area (Å²) in [6.07, 6.45) is -4.10. The Bertz CT molecular complexity index is 330. The van der Waals surface area contributed by atoms with Crippen molar-refractivity contribution in [2.75, 3.05) is 7.11 Å². The molecule has 0 aliphatic rings. The van der Waals surface area contributed by atoms with Crippen LogP contribution in [-0.2, 0) is 11.2 Å². The van der Waals surface area contributed by atoms with Gasteiger partial charge in [-0.05, 0) is 17.5 Å². The summed E-state index contributed by atoms with van der Waals surface area (Å²) in [7, 11) is 1.30. The van der Waals surface area contributed by atoms with Gasteiger partial charge in [-0.1, -0.05) is 37.6 Å². The summed E-state index contributed by atoms with van der Waals surface area (Å²) in [5.74, 6) is 0. The molecular formula is C13H17F3O. The molecule has 1 unspecified atom stereocenters. The number of aryl methyl sites for hydroxylation is 1. The van der Waals surface area contributed by atoms with E-state index in [1.807, 2.05) is 12.1 Å². The van der Waals surface area contributed by atoms with Crippen molar-refractivity contribution in [1.29, 1.82) is 0 Å². The lowest BCUT2D eigenvalue weighted by molar-refractivity contribution is -0.158. The van der Waals surface area contributed by atoms with E-state index in [-0.39, 0.29) is 0 Å². The Kier molecular flexibility index (Phi) is 5.00. The highest BCUT2D eigenvalue weighted by molar-refractivity contribution is 5.24. The van der Waals surface area contributed by atoms with Gasteiger partial charge >= 0.3 is 6.18 Å². The summed E-state index contributed by atoms with van der Waals surface area (Å²) < 4.78 is 41.8. The first-order chi connectivity index (χ1) is 7.96. The van der Waals surface area contributed by atoms with Gasteiger partial charge in [0.2, 0.25) is 0 Å². The van der Waals surface area contributed by atoms with Crippen LogP contribution in [0.1, 0.15) is 37.0 Å². The van der Waals surface area contributed by atoms with Crippen LogP contribution < -0.4 is 0 Å². The zero-order valence-corrected chi connectivity index (χ0v) is 10.1. The van der Waals surface area contributed by atoms with Crippen molar-refractivity contribution in [2.24, 2.45) is 0 Å². The zero-order chi connectivity index (χ0) is 12.9. The van der Waals surface area contributed by atoms with Crippen molar-refractivity contribution < 1.29 is 17.9 Å². The molecule has 1 rings (SSSR count). The molecule has 0 bridgehead atoms. The van der Waals surface area contributed by atoms with Gasteiger partial charge in [-0.15, -0.1) is 0 Å². The Labute approximate surface area is 99.6 Å². The standard InChI is InChI=1S/C13H17F3O/c1-3-4-10-5-7-11(8-6-10)12(17-2)9-13(14,15)16/h5-8,12H,3-4,9H2,1-2H3. The van der Waals surface area contributed by atoms with Gasteiger partial charge in [0.05, 0.1) is 12.5 Å². The Morgan fingerprint density at radius 3 is 2.18 bits per heavy atom. The number of halogens is 3. The molecule has 0 aromatic heterocycles. The lowest BCUT2D eigenvalue weighted by atomic mass is 10.0. The van der Waals surface area contributed by atoms with Crippen molar-refractivity contribution in [3.8, 4) is 0 Å². The van der Waals surface area contributed by atoms with E-state index in [2.05, 4.69) is 6.92 Å². The highest BCUT2D eigenvalue weighted by Crippen LogP contribution is 2.31. The van der Waals surface area contributed by atoms with Gasteiger partial charge in [0, 0.05) is 7.11 Å². The van der Waals surface area contributed by atoms with Crippen LogP contribution in [0.5, 0.6) is 0 Å². The lowest BCUT2D eigenvalue weighted by Gasteiger charge is -2.17. The molecule has 0 saturated heterocycles. The highest BCUT2D eigenvalue weighted by atomic mass is 19.4. The monoisotopic (exact) mass is 246 g/mol. The smallest absolute Gasteiger partial charge is 0.376 e. The number of ether oxygens (including phenoxy) is 1. The average Bonchev–Trinajstić information content (AvgIpc) is 2.26. The molecule has 0 saturated carbocycles. The normalized spacial score (nSPS) is 13.7. The van der Waals surface area contributed by atoms with Gasteiger partial charge in [-0.25, -0.2) is 0 Å². The summed E-state index contributed by atoms with van der Waals surface area (Å²) >= 11 is 0. The third-order valence-corrected chi connectivity index (χ3v) is 2.59. The molecule has 0 fully saturated rings. The lowest BCUT2D eigenvalue weighted by Crippen LogP contribution is -2.15. The van der Waals surface area contributed by atoms with Crippen LogP contribution in [0.4, 0.5) is 13.2 Å². The summed E-state index contributed by atoms with van der Waals surface area (Å²) in [5.41, 5.74) is 1.71. The van der Waals surface area contributed by atoms with Crippen LogP contribution in [0.15, 0.2) is 24.3 Å². The zero-order valence-electron chi connectivity index (χ0n) is 10.1. The molecule has 0 aliphatic heterocycles. The molecule has 1 nitrogen and oxygen atoms in total. The summed E-state index contributed by atoms with van der Waals surface area (Å²) in [6, 6.07) is 7.15. The number of alkyl halides is 3. The Hall–Kier alpha value is -1.03. The summed E-state index contributed by atoms with van der Waals surface area (Å²) in [5, 5.41) is 0. The molecule has 4 heteroatoms. The molecule has 0 radical (unpaired) electrons. The van der Waals surface area contributed by atoms with Gasteiger partial charge < -0.3 is 4.74 Å². The maximum atomic E-state index is 12.3. The van der Waals surface area contributed by atoms with Crippen LogP contribution in [0.3, 0.4) is 0 Å². The first kappa shape index (κ1) is 14.0. The second-order valence-corrected chi connectivity index (χ2v) is 4.04. The summed E-state index contributed by atoms with van der Waals surface area (Å²) in [6.45, 7) is 2.07. The second-order valence-electron chi connectivity index (χ2n) is 4.04. The molecular weight excluding hydrogens is 229 g/mol. The van der Waals surface area contributed by atoms with E-state index in [1.54, 1.807) is 12.1 Å². The molecule has 1 aromatic rings. The van der Waals surface area contributed by atoms with E-state index >= 15 is 0 Å². The van der Waals surface area contributed by atoms with Crippen LogP contribution in [0, 0.1) is 0 Å². The van der Waals surface area contributed by atoms with Crippen LogP contribution >= 0.6 is 0 Å². The minimum absolute atomic E-state index is 0.574. The highest BCUT2D eigenvalue weighted by Gasteiger charge is 2.32. The number of hydrogen-bond donors (Lipinski definition) is 0. The quantitative estimate of drug-likeness (QED) is 0.753. The first-order valence-corrected chi connectivity index (χ1v) is 5.64. The predicted octanol–water partition coefficient (Wildman–Crippen LogP) is 4.28. The van der Waals surface area contributed by atoms with Crippen LogP contribution in [0.25, 0.3) is 0 Å². The molecule has 0 N–H and O–H groups in total. The maximum Gasteiger partial charge on any atom is 0.391 e. The summed E-state index contributed by atoms with van der Waals surface area (Å²) in [4.78, 5) is 0. The predicted molar refractivity (Wildman–Crippen MR) is 60.9 cm³/mol.